The van der Waals surface area contributed by atoms with Crippen molar-refractivity contribution >= 4 is 35.1 Å². The molecule has 18 heavy (non-hydrogen) atoms. The number of anilines is 1. The second-order valence-corrected chi connectivity index (χ2v) is 4.14. The molecule has 0 aromatic heterocycles. The Bertz CT molecular complexity index is 544. The van der Waals surface area contributed by atoms with E-state index in [2.05, 4.69) is 5.32 Å². The second-order valence-electron chi connectivity index (χ2n) is 3.73. The minimum absolute atomic E-state index is 0.00758. The van der Waals surface area contributed by atoms with Gasteiger partial charge in [-0.15, -0.1) is 0 Å². The number of nitrogens with one attached hydrogen (secondary N) is 1. The highest BCUT2D eigenvalue weighted by molar-refractivity contribution is 6.34. The summed E-state index contributed by atoms with van der Waals surface area (Å²) in [6.07, 6.45) is 0. The molecule has 6 nitrogen and oxygen atoms in total. The summed E-state index contributed by atoms with van der Waals surface area (Å²) in [5.74, 6) is -1.77. The molecule has 0 unspecified atom stereocenters. The summed E-state index contributed by atoms with van der Waals surface area (Å²) in [6, 6.07) is 4.00. The molecule has 1 heterocycles. The zero-order chi connectivity index (χ0) is 13.3. The van der Waals surface area contributed by atoms with Gasteiger partial charge in [0.15, 0.2) is 0 Å². The van der Waals surface area contributed by atoms with Crippen molar-refractivity contribution < 1.29 is 19.5 Å². The number of carbonyl (C=O) groups is 3. The number of carbonyl (C=O) groups excluding carboxylic acids is 2. The van der Waals surface area contributed by atoms with Gasteiger partial charge in [-0.2, -0.15) is 0 Å². The van der Waals surface area contributed by atoms with Gasteiger partial charge in [0, 0.05) is 0 Å². The number of benzene rings is 1. The zero-order valence-electron chi connectivity index (χ0n) is 9.14. The second kappa shape index (κ2) is 4.66. The molecule has 0 radical (unpaired) electrons. The molecule has 1 saturated heterocycles. The number of hydrogen-bond donors (Lipinski definition) is 2. The number of aromatic carboxylic acids is 1. The fraction of sp³-hybridized carbons (Fsp3) is 0.182. The Kier molecular flexibility index (Phi) is 3.20. The first-order valence-corrected chi connectivity index (χ1v) is 5.47. The van der Waals surface area contributed by atoms with Gasteiger partial charge in [0.25, 0.3) is 0 Å². The molecular formula is C11H9ClN2O4. The van der Waals surface area contributed by atoms with E-state index in [0.29, 0.717) is 0 Å². The smallest absolute Gasteiger partial charge is 0.335 e. The number of carboxylic acids is 1. The molecule has 94 valence electrons. The lowest BCUT2D eigenvalue weighted by molar-refractivity contribution is -0.128. The Labute approximate surface area is 107 Å². The summed E-state index contributed by atoms with van der Waals surface area (Å²) in [5.41, 5.74) is 0.240. The molecule has 0 saturated carbocycles. The largest absolute Gasteiger partial charge is 0.478 e. The van der Waals surface area contributed by atoms with Crippen molar-refractivity contribution in [3.05, 3.63) is 28.8 Å². The molecule has 1 aromatic rings. The number of piperazine rings is 1. The summed E-state index contributed by atoms with van der Waals surface area (Å²) in [6.45, 7) is -0.284. The number of hydrogen-bond acceptors (Lipinski definition) is 3. The standard InChI is InChI=1S/C11H9ClN2O4/c12-7-2-1-6(11(17)18)3-8(7)14-5-9(15)13-4-10(14)16/h1-3H,4-5H2,(H,13,15)(H,17,18). The summed E-state index contributed by atoms with van der Waals surface area (Å²) < 4.78 is 0. The summed E-state index contributed by atoms with van der Waals surface area (Å²) in [7, 11) is 0. The topological polar surface area (TPSA) is 86.7 Å². The van der Waals surface area contributed by atoms with Crippen LogP contribution >= 0.6 is 11.6 Å². The third kappa shape index (κ3) is 2.28. The Morgan fingerprint density at radius 3 is 2.78 bits per heavy atom. The molecule has 0 spiro atoms. The van der Waals surface area contributed by atoms with Crippen LogP contribution in [0.2, 0.25) is 5.02 Å². The van der Waals surface area contributed by atoms with Crippen molar-refractivity contribution in [1.82, 2.24) is 5.32 Å². The molecule has 7 heteroatoms. The summed E-state index contributed by atoms with van der Waals surface area (Å²) >= 11 is 5.93. The lowest BCUT2D eigenvalue weighted by atomic mass is 10.1. The van der Waals surface area contributed by atoms with Gasteiger partial charge >= 0.3 is 5.97 Å². The van der Waals surface area contributed by atoms with E-state index in [-0.39, 0.29) is 41.2 Å². The highest BCUT2D eigenvalue weighted by atomic mass is 35.5. The van der Waals surface area contributed by atoms with Crippen LogP contribution in [0.15, 0.2) is 18.2 Å². The first-order valence-electron chi connectivity index (χ1n) is 5.09. The predicted octanol–water partition coefficient (Wildman–Crippen LogP) is 0.501. The molecule has 1 aliphatic heterocycles. The van der Waals surface area contributed by atoms with Crippen molar-refractivity contribution in [2.75, 3.05) is 18.0 Å². The van der Waals surface area contributed by atoms with E-state index in [1.54, 1.807) is 0 Å². The number of carboxylic acid groups (broad SMARTS) is 1. The summed E-state index contributed by atoms with van der Waals surface area (Å²) in [4.78, 5) is 35.0. The van der Waals surface area contributed by atoms with E-state index in [1.807, 2.05) is 0 Å². The Hall–Kier alpha value is -2.08. The number of nitrogens with zero attached hydrogens (tertiary/aromatic N) is 1. The molecule has 2 amide bonds. The molecular weight excluding hydrogens is 260 g/mol. The zero-order valence-corrected chi connectivity index (χ0v) is 9.90. The van der Waals surface area contributed by atoms with Crippen LogP contribution in [0.5, 0.6) is 0 Å². The van der Waals surface area contributed by atoms with Crippen molar-refractivity contribution in [3.63, 3.8) is 0 Å². The third-order valence-electron chi connectivity index (χ3n) is 2.52. The van der Waals surface area contributed by atoms with Gasteiger partial charge in [-0.05, 0) is 18.2 Å². The molecule has 1 fully saturated rings. The molecule has 2 N–H and O–H groups in total. The first-order chi connectivity index (χ1) is 8.49. The molecule has 0 bridgehead atoms. The predicted molar refractivity (Wildman–Crippen MR) is 63.8 cm³/mol. The van der Waals surface area contributed by atoms with Crippen molar-refractivity contribution in [1.29, 1.82) is 0 Å². The van der Waals surface area contributed by atoms with Crippen molar-refractivity contribution in [2.45, 2.75) is 0 Å². The van der Waals surface area contributed by atoms with Crippen LogP contribution < -0.4 is 10.2 Å². The maximum atomic E-state index is 11.7. The minimum Gasteiger partial charge on any atom is -0.478 e. The van der Waals surface area contributed by atoms with Crippen LogP contribution in [0, 0.1) is 0 Å². The fourth-order valence-corrected chi connectivity index (χ4v) is 1.85. The molecule has 0 aliphatic carbocycles. The van der Waals surface area contributed by atoms with Crippen LogP contribution in [-0.4, -0.2) is 36.0 Å². The van der Waals surface area contributed by atoms with E-state index >= 15 is 0 Å². The lowest BCUT2D eigenvalue weighted by Gasteiger charge is -2.27. The van der Waals surface area contributed by atoms with E-state index in [0.717, 1.165) is 0 Å². The monoisotopic (exact) mass is 268 g/mol. The van der Waals surface area contributed by atoms with Gasteiger partial charge in [-0.3, -0.25) is 14.5 Å². The average molecular weight is 269 g/mol. The SMILES string of the molecule is O=C1CN(c2cc(C(=O)O)ccc2Cl)C(=O)CN1. The van der Waals surface area contributed by atoms with Gasteiger partial charge in [0.05, 0.1) is 22.8 Å². The number of halogens is 1. The van der Waals surface area contributed by atoms with Gasteiger partial charge in [-0.1, -0.05) is 11.6 Å². The van der Waals surface area contributed by atoms with Crippen LogP contribution in [-0.2, 0) is 9.59 Å². The van der Waals surface area contributed by atoms with Gasteiger partial charge in [-0.25, -0.2) is 4.79 Å². The van der Waals surface area contributed by atoms with Crippen molar-refractivity contribution in [2.24, 2.45) is 0 Å². The average Bonchev–Trinajstić information content (AvgIpc) is 2.33. The van der Waals surface area contributed by atoms with Gasteiger partial charge in [0.2, 0.25) is 11.8 Å². The molecule has 1 aromatic carbocycles. The van der Waals surface area contributed by atoms with Crippen LogP contribution in [0.3, 0.4) is 0 Å². The molecule has 2 rings (SSSR count). The highest BCUT2D eigenvalue weighted by Crippen LogP contribution is 2.27. The van der Waals surface area contributed by atoms with Crippen LogP contribution in [0.25, 0.3) is 0 Å². The quantitative estimate of drug-likeness (QED) is 0.818. The van der Waals surface area contributed by atoms with Crippen LogP contribution in [0.1, 0.15) is 10.4 Å². The maximum Gasteiger partial charge on any atom is 0.335 e. The van der Waals surface area contributed by atoms with E-state index in [9.17, 15) is 14.4 Å². The van der Waals surface area contributed by atoms with E-state index in [4.69, 9.17) is 16.7 Å². The molecule has 0 atom stereocenters. The minimum atomic E-state index is -1.12. The Morgan fingerprint density at radius 1 is 1.39 bits per heavy atom. The summed E-state index contributed by atoms with van der Waals surface area (Å²) in [5, 5.41) is 11.5. The van der Waals surface area contributed by atoms with E-state index < -0.39 is 5.97 Å². The Morgan fingerprint density at radius 2 is 2.11 bits per heavy atom. The van der Waals surface area contributed by atoms with E-state index in [1.165, 1.54) is 23.1 Å². The number of rotatable bonds is 2. The molecule has 1 aliphatic rings. The fourth-order valence-electron chi connectivity index (χ4n) is 1.63. The third-order valence-corrected chi connectivity index (χ3v) is 2.84. The van der Waals surface area contributed by atoms with Gasteiger partial charge in [0.1, 0.15) is 6.54 Å². The van der Waals surface area contributed by atoms with Gasteiger partial charge < -0.3 is 10.4 Å². The lowest BCUT2D eigenvalue weighted by Crippen LogP contribution is -2.51. The Balaban J connectivity index is 2.42. The van der Waals surface area contributed by atoms with Crippen LogP contribution in [0.4, 0.5) is 5.69 Å². The maximum absolute atomic E-state index is 11.7. The highest BCUT2D eigenvalue weighted by Gasteiger charge is 2.26. The normalized spacial score (nSPS) is 15.5. The number of amides is 2. The van der Waals surface area contributed by atoms with Crippen molar-refractivity contribution in [3.8, 4) is 0 Å². The first kappa shape index (κ1) is 12.4.